The van der Waals surface area contributed by atoms with Crippen molar-refractivity contribution in [1.29, 1.82) is 0 Å². The number of methoxy groups -OCH3 is 1. The maximum atomic E-state index is 11.6. The first kappa shape index (κ1) is 16.9. The van der Waals surface area contributed by atoms with Crippen molar-refractivity contribution in [2.75, 3.05) is 18.4 Å². The quantitative estimate of drug-likeness (QED) is 0.623. The molecule has 1 heterocycles. The molecule has 4 nitrogen and oxygen atoms in total. The van der Waals surface area contributed by atoms with Gasteiger partial charge in [-0.25, -0.2) is 4.79 Å². The predicted molar refractivity (Wildman–Crippen MR) is 98.3 cm³/mol. The number of hydrogen-bond donors (Lipinski definition) is 2. The van der Waals surface area contributed by atoms with E-state index in [1.165, 1.54) is 43.9 Å². The summed E-state index contributed by atoms with van der Waals surface area (Å²) in [5.41, 5.74) is 2.98. The molecule has 1 saturated heterocycles. The number of esters is 1. The number of ether oxygens (including phenoxy) is 1. The Hall–Kier alpha value is -1.98. The van der Waals surface area contributed by atoms with Gasteiger partial charge in [0.25, 0.3) is 0 Å². The summed E-state index contributed by atoms with van der Waals surface area (Å²) in [4.78, 5) is 12.6. The van der Waals surface area contributed by atoms with Crippen LogP contribution >= 0.6 is 11.9 Å². The van der Waals surface area contributed by atoms with Gasteiger partial charge in [0.1, 0.15) is 0 Å². The highest BCUT2D eigenvalue weighted by atomic mass is 32.2. The van der Waals surface area contributed by atoms with E-state index in [1.807, 2.05) is 24.3 Å². The van der Waals surface area contributed by atoms with Gasteiger partial charge in [0, 0.05) is 16.6 Å². The number of anilines is 1. The maximum Gasteiger partial charge on any atom is 0.337 e. The number of rotatable bonds is 5. The molecule has 126 valence electrons. The fourth-order valence-corrected chi connectivity index (χ4v) is 3.68. The summed E-state index contributed by atoms with van der Waals surface area (Å²) in [7, 11) is 1.40. The third-order valence-corrected chi connectivity index (χ3v) is 4.99. The molecule has 3 rings (SSSR count). The lowest BCUT2D eigenvalue weighted by Gasteiger charge is -2.26. The van der Waals surface area contributed by atoms with Crippen molar-refractivity contribution in [1.82, 2.24) is 5.32 Å². The molecule has 2 N–H and O–H groups in total. The summed E-state index contributed by atoms with van der Waals surface area (Å²) < 4.78 is 8.21. The first-order valence-corrected chi connectivity index (χ1v) is 9.03. The van der Waals surface area contributed by atoms with Crippen LogP contribution in [0.25, 0.3) is 0 Å². The van der Waals surface area contributed by atoms with E-state index in [2.05, 4.69) is 28.2 Å². The van der Waals surface area contributed by atoms with Crippen molar-refractivity contribution in [3.63, 3.8) is 0 Å². The second kappa shape index (κ2) is 8.22. The molecule has 1 aliphatic rings. The highest BCUT2D eigenvalue weighted by Gasteiger charge is 2.17. The number of para-hydroxylation sites is 1. The van der Waals surface area contributed by atoms with Gasteiger partial charge < -0.3 is 14.8 Å². The van der Waals surface area contributed by atoms with Crippen LogP contribution in [0.1, 0.15) is 41.2 Å². The third kappa shape index (κ3) is 4.10. The molecular formula is C19H22N2O2S. The molecule has 0 radical (unpaired) electrons. The Labute approximate surface area is 147 Å². The van der Waals surface area contributed by atoms with Gasteiger partial charge in [0.05, 0.1) is 12.7 Å². The Kier molecular flexibility index (Phi) is 5.77. The molecule has 1 atom stereocenters. The largest absolute Gasteiger partial charge is 0.465 e. The van der Waals surface area contributed by atoms with E-state index in [1.54, 1.807) is 6.07 Å². The van der Waals surface area contributed by atoms with Gasteiger partial charge in [-0.3, -0.25) is 0 Å². The molecule has 0 spiro atoms. The van der Waals surface area contributed by atoms with Crippen LogP contribution in [-0.2, 0) is 4.74 Å². The first-order chi connectivity index (χ1) is 11.8. The van der Waals surface area contributed by atoms with E-state index in [9.17, 15) is 4.79 Å². The molecule has 0 saturated carbocycles. The van der Waals surface area contributed by atoms with Gasteiger partial charge in [-0.15, -0.1) is 0 Å². The standard InChI is InChI=1S/C19H22N2O2S/c1-23-19(22)14-7-6-8-15(13-14)24-21-18-11-3-2-9-16(18)17-10-4-5-12-20-17/h2-3,6-9,11,13,17,20-21H,4-5,10,12H2,1H3. The molecule has 24 heavy (non-hydrogen) atoms. The van der Waals surface area contributed by atoms with Gasteiger partial charge in [-0.2, -0.15) is 0 Å². The number of piperidine rings is 1. The predicted octanol–water partition coefficient (Wildman–Crippen LogP) is 4.41. The van der Waals surface area contributed by atoms with Gasteiger partial charge in [-0.05, 0) is 61.2 Å². The lowest BCUT2D eigenvalue weighted by atomic mass is 9.96. The van der Waals surface area contributed by atoms with Gasteiger partial charge in [-0.1, -0.05) is 30.7 Å². The van der Waals surface area contributed by atoms with Gasteiger partial charge in [0.15, 0.2) is 0 Å². The number of carbonyl (C=O) groups excluding carboxylic acids is 1. The first-order valence-electron chi connectivity index (χ1n) is 8.21. The Bertz CT molecular complexity index is 699. The number of nitrogens with one attached hydrogen (secondary N) is 2. The van der Waals surface area contributed by atoms with Crippen molar-refractivity contribution in [2.24, 2.45) is 0 Å². The normalized spacial score (nSPS) is 17.3. The summed E-state index contributed by atoms with van der Waals surface area (Å²) in [5.74, 6) is -0.316. The van der Waals surface area contributed by atoms with Crippen molar-refractivity contribution in [3.8, 4) is 0 Å². The minimum atomic E-state index is -0.316. The molecule has 0 amide bonds. The summed E-state index contributed by atoms with van der Waals surface area (Å²) in [5, 5.41) is 3.60. The lowest BCUT2D eigenvalue weighted by Crippen LogP contribution is -2.27. The highest BCUT2D eigenvalue weighted by molar-refractivity contribution is 8.00. The van der Waals surface area contributed by atoms with Crippen LogP contribution in [0.4, 0.5) is 5.69 Å². The van der Waals surface area contributed by atoms with Crippen LogP contribution < -0.4 is 10.0 Å². The molecule has 1 unspecified atom stereocenters. The van der Waals surface area contributed by atoms with Crippen LogP contribution in [0.2, 0.25) is 0 Å². The van der Waals surface area contributed by atoms with E-state index in [4.69, 9.17) is 4.74 Å². The SMILES string of the molecule is COC(=O)c1cccc(SNc2ccccc2C2CCCCN2)c1. The van der Waals surface area contributed by atoms with Crippen molar-refractivity contribution >= 4 is 23.6 Å². The summed E-state index contributed by atoms with van der Waals surface area (Å²) in [6.07, 6.45) is 3.68. The molecule has 2 aromatic carbocycles. The second-order valence-corrected chi connectivity index (χ2v) is 6.69. The fourth-order valence-electron chi connectivity index (χ4n) is 2.93. The molecule has 2 aromatic rings. The highest BCUT2D eigenvalue weighted by Crippen LogP contribution is 2.31. The number of carbonyl (C=O) groups is 1. The van der Waals surface area contributed by atoms with Crippen LogP contribution in [-0.4, -0.2) is 19.6 Å². The second-order valence-electron chi connectivity index (χ2n) is 5.81. The van der Waals surface area contributed by atoms with Gasteiger partial charge >= 0.3 is 5.97 Å². The van der Waals surface area contributed by atoms with E-state index in [0.717, 1.165) is 17.1 Å². The lowest BCUT2D eigenvalue weighted by molar-refractivity contribution is 0.0600. The molecule has 5 heteroatoms. The van der Waals surface area contributed by atoms with E-state index in [-0.39, 0.29) is 5.97 Å². The van der Waals surface area contributed by atoms with Gasteiger partial charge in [0.2, 0.25) is 0 Å². The zero-order chi connectivity index (χ0) is 16.8. The average molecular weight is 342 g/mol. The van der Waals surface area contributed by atoms with Crippen LogP contribution in [0.15, 0.2) is 53.4 Å². The number of benzene rings is 2. The summed E-state index contributed by atoms with van der Waals surface area (Å²) >= 11 is 1.51. The van der Waals surface area contributed by atoms with Crippen molar-refractivity contribution in [2.45, 2.75) is 30.2 Å². The molecule has 0 aliphatic carbocycles. The van der Waals surface area contributed by atoms with Crippen LogP contribution in [0.3, 0.4) is 0 Å². The Morgan fingerprint density at radius 1 is 1.21 bits per heavy atom. The molecule has 1 fully saturated rings. The molecule has 0 bridgehead atoms. The molecular weight excluding hydrogens is 320 g/mol. The Morgan fingerprint density at radius 2 is 2.08 bits per heavy atom. The van der Waals surface area contributed by atoms with Crippen molar-refractivity contribution < 1.29 is 9.53 Å². The van der Waals surface area contributed by atoms with Crippen LogP contribution in [0.5, 0.6) is 0 Å². The number of hydrogen-bond acceptors (Lipinski definition) is 5. The van der Waals surface area contributed by atoms with Crippen molar-refractivity contribution in [3.05, 3.63) is 59.7 Å². The summed E-state index contributed by atoms with van der Waals surface area (Å²) in [6.45, 7) is 1.08. The molecule has 0 aromatic heterocycles. The Balaban J connectivity index is 1.72. The van der Waals surface area contributed by atoms with E-state index >= 15 is 0 Å². The smallest absolute Gasteiger partial charge is 0.337 e. The minimum absolute atomic E-state index is 0.316. The zero-order valence-corrected chi connectivity index (χ0v) is 14.6. The average Bonchev–Trinajstić information content (AvgIpc) is 2.67. The van der Waals surface area contributed by atoms with E-state index in [0.29, 0.717) is 11.6 Å². The third-order valence-electron chi connectivity index (χ3n) is 4.18. The zero-order valence-electron chi connectivity index (χ0n) is 13.7. The fraction of sp³-hybridized carbons (Fsp3) is 0.316. The summed E-state index contributed by atoms with van der Waals surface area (Å²) in [6, 6.07) is 16.3. The minimum Gasteiger partial charge on any atom is -0.465 e. The monoisotopic (exact) mass is 342 g/mol. The maximum absolute atomic E-state index is 11.6. The Morgan fingerprint density at radius 3 is 2.88 bits per heavy atom. The topological polar surface area (TPSA) is 50.4 Å². The van der Waals surface area contributed by atoms with E-state index < -0.39 is 0 Å². The molecule has 1 aliphatic heterocycles. The van der Waals surface area contributed by atoms with Crippen LogP contribution in [0, 0.1) is 0 Å².